The van der Waals surface area contributed by atoms with Gasteiger partial charge in [-0.25, -0.2) is 0 Å². The van der Waals surface area contributed by atoms with Crippen LogP contribution >= 0.6 is 0 Å². The third-order valence-corrected chi connectivity index (χ3v) is 10.6. The van der Waals surface area contributed by atoms with E-state index in [4.69, 9.17) is 0 Å². The zero-order chi connectivity index (χ0) is 36.8. The molecule has 1 aliphatic carbocycles. The summed E-state index contributed by atoms with van der Waals surface area (Å²) in [6.07, 6.45) is 3.23. The van der Waals surface area contributed by atoms with E-state index in [1.165, 1.54) is 13.1 Å². The van der Waals surface area contributed by atoms with Crippen LogP contribution in [-0.2, 0) is 26.5 Å². The second-order valence-electron chi connectivity index (χ2n) is 14.7. The van der Waals surface area contributed by atoms with Crippen molar-refractivity contribution >= 4 is 33.0 Å². The Morgan fingerprint density at radius 3 is 2.20 bits per heavy atom. The average Bonchev–Trinajstić information content (AvgIpc) is 3.09. The predicted molar refractivity (Wildman–Crippen MR) is 199 cm³/mol. The van der Waals surface area contributed by atoms with Gasteiger partial charge in [-0.05, 0) is 67.8 Å². The van der Waals surface area contributed by atoms with E-state index in [0.29, 0.717) is 6.42 Å². The van der Waals surface area contributed by atoms with Gasteiger partial charge in [0.15, 0.2) is 5.78 Å². The van der Waals surface area contributed by atoms with Crippen molar-refractivity contribution in [3.8, 4) is 0 Å². The van der Waals surface area contributed by atoms with E-state index in [-0.39, 0.29) is 24.8 Å². The first kappa shape index (κ1) is 41.7. The lowest BCUT2D eigenvalue weighted by Gasteiger charge is -2.37. The molecule has 0 bridgehead atoms. The lowest BCUT2D eigenvalue weighted by Crippen LogP contribution is -2.64. The van der Waals surface area contributed by atoms with Crippen molar-refractivity contribution in [2.75, 3.05) is 33.2 Å². The Balaban J connectivity index is 0.000000857. The molecule has 1 saturated carbocycles. The molecule has 0 radical (unpaired) electrons. The summed E-state index contributed by atoms with van der Waals surface area (Å²) >= 11 is 0. The highest BCUT2D eigenvalue weighted by atomic mass is 32.2. The molecule has 1 amide bonds. The first-order valence-electron chi connectivity index (χ1n) is 18.4. The Morgan fingerprint density at radius 1 is 1.00 bits per heavy atom. The van der Waals surface area contributed by atoms with Crippen LogP contribution in [0.2, 0.25) is 0 Å². The Hall–Kier alpha value is -2.74. The van der Waals surface area contributed by atoms with Crippen molar-refractivity contribution in [2.45, 2.75) is 122 Å². The van der Waals surface area contributed by atoms with Crippen molar-refractivity contribution in [1.29, 1.82) is 0 Å². The van der Waals surface area contributed by atoms with Crippen LogP contribution in [0, 0.1) is 11.8 Å². The minimum absolute atomic E-state index is 0.0760. The van der Waals surface area contributed by atoms with Gasteiger partial charge in [-0.15, -0.1) is 4.36 Å². The van der Waals surface area contributed by atoms with Crippen molar-refractivity contribution in [2.24, 2.45) is 16.2 Å². The first-order valence-corrected chi connectivity index (χ1v) is 19.5. The number of likely N-dealkylation sites (N-methyl/N-ethyl adjacent to an activating group) is 1. The third-order valence-electron chi connectivity index (χ3n) is 10.2. The summed E-state index contributed by atoms with van der Waals surface area (Å²) in [5, 5.41) is 33.7. The van der Waals surface area contributed by atoms with Gasteiger partial charge in [-0.1, -0.05) is 95.8 Å². The molecule has 12 heteroatoms. The first-order chi connectivity index (χ1) is 23.8. The van der Waals surface area contributed by atoms with Crippen molar-refractivity contribution < 1.29 is 28.2 Å². The van der Waals surface area contributed by atoms with Gasteiger partial charge in [0.05, 0.1) is 18.2 Å². The van der Waals surface area contributed by atoms with E-state index in [1.807, 2.05) is 56.3 Å². The third kappa shape index (κ3) is 11.9. The van der Waals surface area contributed by atoms with Gasteiger partial charge < -0.3 is 31.1 Å². The molecular formula is C38H61N5O6S. The average molecular weight is 716 g/mol. The van der Waals surface area contributed by atoms with Crippen LogP contribution in [0.4, 0.5) is 0 Å². The molecule has 11 nitrogen and oxygen atoms in total. The summed E-state index contributed by atoms with van der Waals surface area (Å²) in [6.45, 7) is 13.6. The molecule has 280 valence electrons. The molecule has 2 fully saturated rings. The van der Waals surface area contributed by atoms with E-state index < -0.39 is 57.9 Å². The lowest BCUT2D eigenvalue weighted by molar-refractivity contribution is -0.140. The van der Waals surface area contributed by atoms with Crippen LogP contribution < -0.4 is 16.0 Å². The maximum Gasteiger partial charge on any atom is 0.312 e. The number of nitrogens with one attached hydrogen (secondary N) is 3. The van der Waals surface area contributed by atoms with Gasteiger partial charge in [0.25, 0.3) is 5.91 Å². The zero-order valence-corrected chi connectivity index (χ0v) is 31.7. The van der Waals surface area contributed by atoms with Gasteiger partial charge in [0.1, 0.15) is 6.10 Å². The molecule has 2 aliphatic rings. The number of amides is 1. The number of ketones is 1. The number of aliphatic hydroxyl groups is 2. The smallest absolute Gasteiger partial charge is 0.312 e. The van der Waals surface area contributed by atoms with Crippen LogP contribution in [0.25, 0.3) is 10.8 Å². The monoisotopic (exact) mass is 715 g/mol. The number of benzene rings is 2. The van der Waals surface area contributed by atoms with Gasteiger partial charge in [0, 0.05) is 32.2 Å². The molecule has 1 saturated heterocycles. The number of piperazine rings is 1. The Morgan fingerprint density at radius 2 is 1.64 bits per heavy atom. The summed E-state index contributed by atoms with van der Waals surface area (Å²) < 4.78 is 28.0. The fourth-order valence-corrected chi connectivity index (χ4v) is 7.61. The summed E-state index contributed by atoms with van der Waals surface area (Å²) in [4.78, 5) is 30.8. The highest BCUT2D eigenvalue weighted by molar-refractivity contribution is 7.61. The van der Waals surface area contributed by atoms with Crippen molar-refractivity contribution in [3.63, 3.8) is 0 Å². The quantitative estimate of drug-likeness (QED) is 0.173. The summed E-state index contributed by atoms with van der Waals surface area (Å²) in [5.74, 6) is -2.20. The maximum atomic E-state index is 14.3. The molecule has 1 aliphatic heterocycles. The topological polar surface area (TPSA) is 160 Å². The molecule has 5 N–H and O–H groups in total. The standard InChI is InChI=1S/C33H49N3O6S.C5H12N2/c1-6-22(4)33(36-43(41)42,31(39)23(5)34-27-14-8-7-9-15-27)32(40)35-28(30(38)29(37)18-21(2)3)20-24-16-17-25-12-10-11-13-26(25)19-24;1-7-4-2-6-3-5-7/h10-13,16-17,19,21-23,27-30,34,37-38H,6-9,14-15,18,20H2,1-5H3,(H,35,40);6H,2-5H2,1H3/t22?,23?,28-,29-,30+,33?;/m0./s1. The van der Waals surface area contributed by atoms with Gasteiger partial charge in [-0.2, -0.15) is 8.42 Å². The zero-order valence-electron chi connectivity index (χ0n) is 30.9. The van der Waals surface area contributed by atoms with Crippen molar-refractivity contribution in [3.05, 3.63) is 48.0 Å². The predicted octanol–water partition coefficient (Wildman–Crippen LogP) is 3.88. The Labute approximate surface area is 300 Å². The number of hydrogen-bond donors (Lipinski definition) is 5. The van der Waals surface area contributed by atoms with Gasteiger partial charge >= 0.3 is 10.5 Å². The molecule has 2 aromatic carbocycles. The van der Waals surface area contributed by atoms with Crippen LogP contribution in [0.3, 0.4) is 0 Å². The van der Waals surface area contributed by atoms with E-state index in [1.54, 1.807) is 20.8 Å². The minimum atomic E-state index is -3.06. The van der Waals surface area contributed by atoms with Gasteiger partial charge in [0.2, 0.25) is 5.54 Å². The van der Waals surface area contributed by atoms with E-state index in [2.05, 4.69) is 32.3 Å². The second kappa shape index (κ2) is 20.3. The minimum Gasteiger partial charge on any atom is -0.390 e. The number of carbonyl (C=O) groups is 2. The molecule has 50 heavy (non-hydrogen) atoms. The number of rotatable bonds is 15. The summed E-state index contributed by atoms with van der Waals surface area (Å²) in [6, 6.07) is 11.9. The van der Waals surface area contributed by atoms with Crippen LogP contribution in [0.15, 0.2) is 46.8 Å². The maximum absolute atomic E-state index is 14.3. The fourth-order valence-electron chi connectivity index (χ4n) is 7.02. The molecule has 6 atom stereocenters. The molecule has 1 heterocycles. The molecule has 0 spiro atoms. The highest BCUT2D eigenvalue weighted by Crippen LogP contribution is 2.30. The number of carbonyl (C=O) groups excluding carboxylic acids is 2. The van der Waals surface area contributed by atoms with Gasteiger partial charge in [-0.3, -0.25) is 9.59 Å². The lowest BCUT2D eigenvalue weighted by atomic mass is 9.76. The van der Waals surface area contributed by atoms with Crippen LogP contribution in [-0.4, -0.2) is 104 Å². The summed E-state index contributed by atoms with van der Waals surface area (Å²) in [5.41, 5.74) is -1.44. The normalized spacial score (nSPS) is 20.0. The Bertz CT molecular complexity index is 1500. The second-order valence-corrected chi connectivity index (χ2v) is 15.3. The van der Waals surface area contributed by atoms with E-state index in [0.717, 1.165) is 61.5 Å². The van der Waals surface area contributed by atoms with E-state index in [9.17, 15) is 28.2 Å². The SMILES string of the molecule is CCC(C)C(N=S(=O)=O)(C(=O)N[C@@H](Cc1ccc2ccccc2c1)[C@@H](O)[C@@H](O)CC(C)C)C(=O)C(C)NC1CCCCC1.CN1CCNCC1. The molecule has 3 unspecified atom stereocenters. The van der Waals surface area contributed by atoms with Crippen molar-refractivity contribution in [1.82, 2.24) is 20.9 Å². The highest BCUT2D eigenvalue weighted by Gasteiger charge is 2.53. The summed E-state index contributed by atoms with van der Waals surface area (Å²) in [7, 11) is -0.910. The number of Topliss-reactive ketones (excluding diaryl/α,β-unsaturated/α-hetero) is 1. The number of aliphatic hydroxyl groups excluding tert-OH is 2. The largest absolute Gasteiger partial charge is 0.390 e. The Kier molecular flexibility index (Phi) is 17.0. The van der Waals surface area contributed by atoms with Crippen LogP contribution in [0.1, 0.15) is 85.1 Å². The number of nitrogens with zero attached hydrogens (tertiary/aromatic N) is 2. The number of fused-ring (bicyclic) bond motifs is 1. The van der Waals surface area contributed by atoms with E-state index >= 15 is 0 Å². The van der Waals surface area contributed by atoms with Crippen LogP contribution in [0.5, 0.6) is 0 Å². The molecule has 0 aromatic heterocycles. The molecular weight excluding hydrogens is 655 g/mol. The number of hydrogen-bond acceptors (Lipinski definition) is 10. The fraction of sp³-hybridized carbons (Fsp3) is 0.684. The molecule has 2 aromatic rings. The molecule has 4 rings (SSSR count).